The SMILES string of the molecule is CC(CC(=O)N1CCC(c2c[nH]c3ccccc23)CC1)c1ccc(C(F)(F)F)cc1. The third-order valence-corrected chi connectivity index (χ3v) is 6.20. The molecule has 0 aliphatic carbocycles. The number of aromatic amines is 1. The molecular formula is C24H25F3N2O. The van der Waals surface area contributed by atoms with Crippen LogP contribution in [-0.2, 0) is 11.0 Å². The molecule has 3 nitrogen and oxygen atoms in total. The molecule has 0 bridgehead atoms. The number of piperidine rings is 1. The monoisotopic (exact) mass is 414 g/mol. The van der Waals surface area contributed by atoms with Gasteiger partial charge in [0.2, 0.25) is 5.91 Å². The highest BCUT2D eigenvalue weighted by atomic mass is 19.4. The van der Waals surface area contributed by atoms with Gasteiger partial charge in [-0.1, -0.05) is 37.3 Å². The summed E-state index contributed by atoms with van der Waals surface area (Å²) in [6.45, 7) is 3.31. The third kappa shape index (κ3) is 4.23. The van der Waals surface area contributed by atoms with Gasteiger partial charge in [0.25, 0.3) is 0 Å². The molecule has 0 saturated carbocycles. The number of hydrogen-bond acceptors (Lipinski definition) is 1. The summed E-state index contributed by atoms with van der Waals surface area (Å²) in [4.78, 5) is 18.0. The van der Waals surface area contributed by atoms with E-state index < -0.39 is 11.7 Å². The van der Waals surface area contributed by atoms with Crippen LogP contribution in [0.4, 0.5) is 13.2 Å². The Hall–Kier alpha value is -2.76. The van der Waals surface area contributed by atoms with Crippen LogP contribution in [0.25, 0.3) is 10.9 Å². The van der Waals surface area contributed by atoms with Crippen LogP contribution in [0, 0.1) is 0 Å². The maximum atomic E-state index is 12.8. The molecule has 1 unspecified atom stereocenters. The minimum Gasteiger partial charge on any atom is -0.361 e. The molecule has 1 amide bonds. The molecule has 3 aromatic rings. The number of benzene rings is 2. The second-order valence-corrected chi connectivity index (χ2v) is 8.17. The predicted molar refractivity (Wildman–Crippen MR) is 111 cm³/mol. The lowest BCUT2D eigenvalue weighted by Crippen LogP contribution is -2.38. The van der Waals surface area contributed by atoms with Crippen LogP contribution in [0.2, 0.25) is 0 Å². The maximum Gasteiger partial charge on any atom is 0.416 e. The number of para-hydroxylation sites is 1. The minimum absolute atomic E-state index is 0.0692. The highest BCUT2D eigenvalue weighted by molar-refractivity contribution is 5.83. The van der Waals surface area contributed by atoms with Gasteiger partial charge in [-0.15, -0.1) is 0 Å². The van der Waals surface area contributed by atoms with Crippen molar-refractivity contribution in [2.45, 2.75) is 44.2 Å². The zero-order valence-electron chi connectivity index (χ0n) is 16.9. The number of rotatable bonds is 4. The number of fused-ring (bicyclic) bond motifs is 1. The van der Waals surface area contributed by atoms with Gasteiger partial charge in [0, 0.05) is 36.6 Å². The van der Waals surface area contributed by atoms with E-state index in [0.29, 0.717) is 25.4 Å². The number of carbonyl (C=O) groups excluding carboxylic acids is 1. The highest BCUT2D eigenvalue weighted by Gasteiger charge is 2.30. The van der Waals surface area contributed by atoms with Crippen molar-refractivity contribution in [2.75, 3.05) is 13.1 Å². The van der Waals surface area contributed by atoms with Crippen LogP contribution >= 0.6 is 0 Å². The predicted octanol–water partition coefficient (Wildman–Crippen LogP) is 6.09. The summed E-state index contributed by atoms with van der Waals surface area (Å²) < 4.78 is 38.2. The molecule has 6 heteroatoms. The smallest absolute Gasteiger partial charge is 0.361 e. The van der Waals surface area contributed by atoms with Gasteiger partial charge in [0.15, 0.2) is 0 Å². The van der Waals surface area contributed by atoms with E-state index in [1.165, 1.54) is 23.1 Å². The fraction of sp³-hybridized carbons (Fsp3) is 0.375. The van der Waals surface area contributed by atoms with Crippen LogP contribution in [-0.4, -0.2) is 28.9 Å². The number of halogens is 3. The molecule has 1 aromatic heterocycles. The lowest BCUT2D eigenvalue weighted by Gasteiger charge is -2.32. The van der Waals surface area contributed by atoms with E-state index in [2.05, 4.69) is 23.3 Å². The average molecular weight is 414 g/mol. The lowest BCUT2D eigenvalue weighted by molar-refractivity contribution is -0.137. The minimum atomic E-state index is -4.34. The molecule has 158 valence electrons. The first kappa shape index (κ1) is 20.5. The largest absolute Gasteiger partial charge is 0.416 e. The second kappa shape index (κ2) is 8.17. The molecule has 2 heterocycles. The van der Waals surface area contributed by atoms with Crippen molar-refractivity contribution in [3.05, 3.63) is 71.4 Å². The van der Waals surface area contributed by atoms with Crippen molar-refractivity contribution in [1.29, 1.82) is 0 Å². The van der Waals surface area contributed by atoms with Crippen LogP contribution in [0.1, 0.15) is 54.7 Å². The molecule has 1 atom stereocenters. The normalized spacial score (nSPS) is 16.7. The Balaban J connectivity index is 1.34. The summed E-state index contributed by atoms with van der Waals surface area (Å²) in [7, 11) is 0. The van der Waals surface area contributed by atoms with Gasteiger partial charge in [-0.3, -0.25) is 4.79 Å². The maximum absolute atomic E-state index is 12.8. The Kier molecular flexibility index (Phi) is 5.58. The molecule has 1 fully saturated rings. The molecule has 4 rings (SSSR count). The van der Waals surface area contributed by atoms with Gasteiger partial charge in [0.05, 0.1) is 5.56 Å². The first-order valence-corrected chi connectivity index (χ1v) is 10.3. The standard InChI is InChI=1S/C24H25F3N2O/c1-16(17-6-8-19(9-7-17)24(25,26)27)14-23(30)29-12-10-18(11-13-29)21-15-28-22-5-3-2-4-20(21)22/h2-9,15-16,18,28H,10-14H2,1H3. The summed E-state index contributed by atoms with van der Waals surface area (Å²) in [5.74, 6) is 0.378. The first-order chi connectivity index (χ1) is 14.3. The van der Waals surface area contributed by atoms with Crippen molar-refractivity contribution in [2.24, 2.45) is 0 Å². The van der Waals surface area contributed by atoms with Crippen molar-refractivity contribution in [1.82, 2.24) is 9.88 Å². The quantitative estimate of drug-likeness (QED) is 0.551. The van der Waals surface area contributed by atoms with E-state index in [4.69, 9.17) is 0 Å². The molecule has 1 N–H and O–H groups in total. The lowest BCUT2D eigenvalue weighted by atomic mass is 9.88. The van der Waals surface area contributed by atoms with Gasteiger partial charge in [-0.25, -0.2) is 0 Å². The highest BCUT2D eigenvalue weighted by Crippen LogP contribution is 2.34. The molecule has 0 spiro atoms. The molecule has 1 saturated heterocycles. The van der Waals surface area contributed by atoms with Crippen LogP contribution in [0.15, 0.2) is 54.7 Å². The summed E-state index contributed by atoms with van der Waals surface area (Å²) >= 11 is 0. The third-order valence-electron chi connectivity index (χ3n) is 6.20. The molecule has 2 aromatic carbocycles. The van der Waals surface area contributed by atoms with E-state index in [9.17, 15) is 18.0 Å². The number of H-pyrrole nitrogens is 1. The van der Waals surface area contributed by atoms with Crippen molar-refractivity contribution < 1.29 is 18.0 Å². The summed E-state index contributed by atoms with van der Waals surface area (Å²) in [5.41, 5.74) is 2.54. The van der Waals surface area contributed by atoms with Crippen molar-refractivity contribution >= 4 is 16.8 Å². The van der Waals surface area contributed by atoms with E-state index in [0.717, 1.165) is 36.1 Å². The number of amides is 1. The zero-order chi connectivity index (χ0) is 21.3. The number of hydrogen-bond donors (Lipinski definition) is 1. The summed E-state index contributed by atoms with van der Waals surface area (Å²) in [6, 6.07) is 13.4. The number of likely N-dealkylation sites (tertiary alicyclic amines) is 1. The average Bonchev–Trinajstić information content (AvgIpc) is 3.17. The van der Waals surface area contributed by atoms with Crippen LogP contribution in [0.3, 0.4) is 0 Å². The Morgan fingerprint density at radius 2 is 1.77 bits per heavy atom. The zero-order valence-corrected chi connectivity index (χ0v) is 16.9. The fourth-order valence-electron chi connectivity index (χ4n) is 4.38. The van der Waals surface area contributed by atoms with E-state index in [-0.39, 0.29) is 11.8 Å². The number of carbonyl (C=O) groups is 1. The molecule has 1 aliphatic heterocycles. The second-order valence-electron chi connectivity index (χ2n) is 8.17. The Morgan fingerprint density at radius 1 is 1.10 bits per heavy atom. The first-order valence-electron chi connectivity index (χ1n) is 10.3. The molecule has 1 aliphatic rings. The van der Waals surface area contributed by atoms with Crippen LogP contribution < -0.4 is 0 Å². The number of alkyl halides is 3. The summed E-state index contributed by atoms with van der Waals surface area (Å²) in [6.07, 6.45) is -0.111. The molecule has 30 heavy (non-hydrogen) atoms. The number of nitrogens with zero attached hydrogens (tertiary/aromatic N) is 1. The van der Waals surface area contributed by atoms with Gasteiger partial charge < -0.3 is 9.88 Å². The Labute approximate surface area is 173 Å². The molecular weight excluding hydrogens is 389 g/mol. The number of aromatic nitrogens is 1. The van der Waals surface area contributed by atoms with Gasteiger partial charge in [0.1, 0.15) is 0 Å². The van der Waals surface area contributed by atoms with Gasteiger partial charge >= 0.3 is 6.18 Å². The number of nitrogens with one attached hydrogen (secondary N) is 1. The van der Waals surface area contributed by atoms with Crippen LogP contribution in [0.5, 0.6) is 0 Å². The Morgan fingerprint density at radius 3 is 2.43 bits per heavy atom. The van der Waals surface area contributed by atoms with Crippen molar-refractivity contribution in [3.8, 4) is 0 Å². The summed E-state index contributed by atoms with van der Waals surface area (Å²) in [5, 5.41) is 1.25. The van der Waals surface area contributed by atoms with Crippen molar-refractivity contribution in [3.63, 3.8) is 0 Å². The van der Waals surface area contributed by atoms with E-state index in [1.54, 1.807) is 0 Å². The van der Waals surface area contributed by atoms with E-state index >= 15 is 0 Å². The van der Waals surface area contributed by atoms with Gasteiger partial charge in [-0.05, 0) is 54.0 Å². The van der Waals surface area contributed by atoms with E-state index in [1.807, 2.05) is 24.0 Å². The topological polar surface area (TPSA) is 36.1 Å². The molecule has 0 radical (unpaired) electrons. The fourth-order valence-corrected chi connectivity index (χ4v) is 4.38. The van der Waals surface area contributed by atoms with Gasteiger partial charge in [-0.2, -0.15) is 13.2 Å². The Bertz CT molecular complexity index is 1010.